The minimum Gasteiger partial charge on any atom is -0.497 e. The maximum atomic E-state index is 11.2. The number of carbonyl (C=O) groups is 1. The predicted octanol–water partition coefficient (Wildman–Crippen LogP) is 3.26. The van der Waals surface area contributed by atoms with Gasteiger partial charge in [0.1, 0.15) is 11.9 Å². The van der Waals surface area contributed by atoms with Gasteiger partial charge in [-0.1, -0.05) is 19.1 Å². The molecule has 1 fully saturated rings. The van der Waals surface area contributed by atoms with Gasteiger partial charge >= 0.3 is 5.97 Å². The average Bonchev–Trinajstić information content (AvgIpc) is 2.46. The van der Waals surface area contributed by atoms with Crippen molar-refractivity contribution in [2.75, 3.05) is 7.11 Å². The molecule has 3 atom stereocenters. The van der Waals surface area contributed by atoms with Gasteiger partial charge in [-0.3, -0.25) is 4.79 Å². The molecule has 20 heavy (non-hydrogen) atoms. The third-order valence-electron chi connectivity index (χ3n) is 3.64. The molecule has 1 aliphatic rings. The van der Waals surface area contributed by atoms with Crippen molar-refractivity contribution in [1.29, 1.82) is 0 Å². The number of methoxy groups -OCH3 is 1. The van der Waals surface area contributed by atoms with E-state index in [0.717, 1.165) is 24.2 Å². The van der Waals surface area contributed by atoms with Crippen LogP contribution < -0.4 is 4.74 Å². The van der Waals surface area contributed by atoms with Gasteiger partial charge in [-0.15, -0.1) is 0 Å². The average molecular weight is 280 g/mol. The molecule has 0 N–H and O–H groups in total. The minimum atomic E-state index is -0.222. The Hall–Kier alpha value is -1.55. The number of rotatable bonds is 4. The Morgan fingerprint density at radius 1 is 1.30 bits per heavy atom. The van der Waals surface area contributed by atoms with Gasteiger partial charge in [0.05, 0.1) is 19.3 Å². The van der Waals surface area contributed by atoms with Crippen LogP contribution in [0.4, 0.5) is 0 Å². The Balaban J connectivity index is 2.09. The quantitative estimate of drug-likeness (QED) is 0.627. The molecule has 4 heteroatoms. The summed E-state index contributed by atoms with van der Waals surface area (Å²) in [6.45, 7) is 3.55. The molecule has 0 radical (unpaired) electrons. The summed E-state index contributed by atoms with van der Waals surface area (Å²) in [6.07, 6.45) is 2.47. The van der Waals surface area contributed by atoms with E-state index in [0.29, 0.717) is 6.42 Å². The Kier molecular flexibility index (Phi) is 5.01. The van der Waals surface area contributed by atoms with E-state index in [1.807, 2.05) is 24.3 Å². The number of hydrogen-bond donors (Lipinski definition) is 0. The first-order valence-corrected chi connectivity index (χ1v) is 7.09. The molecule has 0 bridgehead atoms. The summed E-state index contributed by atoms with van der Waals surface area (Å²) >= 11 is 0. The SMILES string of the molecule is CC[C@H]1C[C@@H](OC(C)=O)C[C@@H](c2ccc(OC)cc2)[18O]1. The Morgan fingerprint density at radius 3 is 2.55 bits per heavy atom. The topological polar surface area (TPSA) is 44.8 Å². The molecule has 1 saturated heterocycles. The number of esters is 1. The number of hydrogen-bond acceptors (Lipinski definition) is 4. The normalized spacial score (nSPS) is 26.1. The van der Waals surface area contributed by atoms with Crippen molar-refractivity contribution in [3.05, 3.63) is 29.8 Å². The van der Waals surface area contributed by atoms with Crippen molar-refractivity contribution in [3.8, 4) is 5.75 Å². The van der Waals surface area contributed by atoms with Crippen LogP contribution in [0.25, 0.3) is 0 Å². The first-order chi connectivity index (χ1) is 9.62. The maximum absolute atomic E-state index is 11.2. The molecule has 110 valence electrons. The summed E-state index contributed by atoms with van der Waals surface area (Å²) in [7, 11) is 1.65. The molecule has 1 aliphatic heterocycles. The van der Waals surface area contributed by atoms with Gasteiger partial charge in [-0.05, 0) is 24.1 Å². The molecule has 0 amide bonds. The summed E-state index contributed by atoms with van der Waals surface area (Å²) in [5.41, 5.74) is 1.10. The lowest BCUT2D eigenvalue weighted by atomic mass is 9.97. The third-order valence-corrected chi connectivity index (χ3v) is 3.64. The molecule has 0 aliphatic carbocycles. The molecule has 0 aromatic heterocycles. The summed E-state index contributed by atoms with van der Waals surface area (Å²) in [6, 6.07) is 7.86. The van der Waals surface area contributed by atoms with Crippen LogP contribution in [-0.2, 0) is 14.3 Å². The monoisotopic (exact) mass is 280 g/mol. The van der Waals surface area contributed by atoms with Crippen LogP contribution in [0.15, 0.2) is 24.3 Å². The molecule has 1 heterocycles. The van der Waals surface area contributed by atoms with E-state index in [2.05, 4.69) is 6.92 Å². The van der Waals surface area contributed by atoms with Crippen molar-refractivity contribution in [2.24, 2.45) is 0 Å². The van der Waals surface area contributed by atoms with Gasteiger partial charge in [0.25, 0.3) is 0 Å². The molecule has 1 aromatic carbocycles. The van der Waals surface area contributed by atoms with Crippen molar-refractivity contribution in [1.82, 2.24) is 0 Å². The zero-order chi connectivity index (χ0) is 14.5. The van der Waals surface area contributed by atoms with Crippen LogP contribution in [-0.4, -0.2) is 25.3 Å². The van der Waals surface area contributed by atoms with Crippen LogP contribution >= 0.6 is 0 Å². The lowest BCUT2D eigenvalue weighted by Gasteiger charge is -2.34. The minimum absolute atomic E-state index is 0.0241. The van der Waals surface area contributed by atoms with Gasteiger partial charge in [-0.2, -0.15) is 0 Å². The largest absolute Gasteiger partial charge is 0.497 e. The van der Waals surface area contributed by atoms with Crippen LogP contribution in [0.3, 0.4) is 0 Å². The second kappa shape index (κ2) is 6.75. The predicted molar refractivity (Wildman–Crippen MR) is 75.7 cm³/mol. The molecule has 0 unspecified atom stereocenters. The van der Waals surface area contributed by atoms with E-state index in [4.69, 9.17) is 14.2 Å². The van der Waals surface area contributed by atoms with E-state index in [1.165, 1.54) is 6.92 Å². The fourth-order valence-electron chi connectivity index (χ4n) is 2.60. The van der Waals surface area contributed by atoms with Crippen LogP contribution in [0.2, 0.25) is 0 Å². The lowest BCUT2D eigenvalue weighted by Crippen LogP contribution is -2.33. The second-order valence-corrected chi connectivity index (χ2v) is 5.13. The lowest BCUT2D eigenvalue weighted by molar-refractivity contribution is -0.160. The highest BCUT2D eigenvalue weighted by Crippen LogP contribution is 2.34. The Morgan fingerprint density at radius 2 is 2.00 bits per heavy atom. The molecule has 0 saturated carbocycles. The van der Waals surface area contributed by atoms with Gasteiger partial charge in [-0.25, -0.2) is 0 Å². The number of benzene rings is 1. The zero-order valence-electron chi connectivity index (χ0n) is 12.3. The van der Waals surface area contributed by atoms with Crippen LogP contribution in [0.5, 0.6) is 5.75 Å². The first-order valence-electron chi connectivity index (χ1n) is 7.09. The van der Waals surface area contributed by atoms with Gasteiger partial charge in [0.2, 0.25) is 0 Å². The summed E-state index contributed by atoms with van der Waals surface area (Å²) in [5.74, 6) is 0.605. The molecular weight excluding hydrogens is 258 g/mol. The molecular formula is C16H22O4. The van der Waals surface area contributed by atoms with E-state index >= 15 is 0 Å². The van der Waals surface area contributed by atoms with Gasteiger partial charge < -0.3 is 14.2 Å². The second-order valence-electron chi connectivity index (χ2n) is 5.13. The van der Waals surface area contributed by atoms with Crippen molar-refractivity contribution >= 4 is 5.97 Å². The van der Waals surface area contributed by atoms with Gasteiger partial charge in [0, 0.05) is 19.8 Å². The standard InChI is InChI=1S/C16H22O4/c1-4-13-9-15(19-11(2)17)10-16(20-13)12-5-7-14(18-3)8-6-12/h5-8,13,15-16H,4,9-10H2,1-3H3/t13-,15+,16-/m0/s1/i20+2. The van der Waals surface area contributed by atoms with Crippen molar-refractivity contribution in [2.45, 2.75) is 51.4 Å². The van der Waals surface area contributed by atoms with Crippen molar-refractivity contribution in [3.63, 3.8) is 0 Å². The number of ether oxygens (including phenoxy) is 3. The Labute approximate surface area is 120 Å². The van der Waals surface area contributed by atoms with E-state index in [1.54, 1.807) is 7.11 Å². The van der Waals surface area contributed by atoms with Gasteiger partial charge in [0.15, 0.2) is 0 Å². The first kappa shape index (κ1) is 14.9. The highest BCUT2D eigenvalue weighted by molar-refractivity contribution is 5.66. The highest BCUT2D eigenvalue weighted by atomic mass is 18.3. The fraction of sp³-hybridized carbons (Fsp3) is 0.562. The fourth-order valence-corrected chi connectivity index (χ4v) is 2.60. The van der Waals surface area contributed by atoms with E-state index < -0.39 is 0 Å². The number of carbonyl (C=O) groups excluding carboxylic acids is 1. The zero-order valence-corrected chi connectivity index (χ0v) is 12.3. The Bertz CT molecular complexity index is 440. The molecule has 0 spiro atoms. The molecule has 2 rings (SSSR count). The van der Waals surface area contributed by atoms with E-state index in [9.17, 15) is 4.79 Å². The van der Waals surface area contributed by atoms with Crippen LogP contribution in [0.1, 0.15) is 44.8 Å². The summed E-state index contributed by atoms with van der Waals surface area (Å²) < 4.78 is 16.6. The smallest absolute Gasteiger partial charge is 0.302 e. The highest BCUT2D eigenvalue weighted by Gasteiger charge is 2.31. The summed E-state index contributed by atoms with van der Waals surface area (Å²) in [5, 5.41) is 0. The van der Waals surface area contributed by atoms with E-state index in [-0.39, 0.29) is 24.3 Å². The van der Waals surface area contributed by atoms with Crippen molar-refractivity contribution < 1.29 is 19.0 Å². The van der Waals surface area contributed by atoms with Crippen LogP contribution in [0, 0.1) is 0 Å². The molecule has 4 nitrogen and oxygen atoms in total. The summed E-state index contributed by atoms with van der Waals surface area (Å²) in [4.78, 5) is 11.2. The molecule has 1 aromatic rings. The third kappa shape index (κ3) is 3.73. The maximum Gasteiger partial charge on any atom is 0.302 e.